The summed E-state index contributed by atoms with van der Waals surface area (Å²) >= 11 is 0. The van der Waals surface area contributed by atoms with E-state index in [1.54, 1.807) is 4.31 Å². The minimum atomic E-state index is -3.69. The number of sulfonamides is 1. The molecule has 1 aliphatic heterocycles. The van der Waals surface area contributed by atoms with Gasteiger partial charge in [0.05, 0.1) is 12.6 Å². The lowest BCUT2D eigenvalue weighted by Crippen LogP contribution is -2.49. The molecule has 1 heterocycles. The zero-order valence-corrected chi connectivity index (χ0v) is 22.7. The van der Waals surface area contributed by atoms with Crippen LogP contribution in [0.2, 0.25) is 0 Å². The fourth-order valence-corrected chi connectivity index (χ4v) is 6.62. The molecule has 3 aromatic carbocycles. The molecule has 0 N–H and O–H groups in total. The first-order valence-corrected chi connectivity index (χ1v) is 14.4. The maximum Gasteiger partial charge on any atom is 0.246 e. The highest BCUT2D eigenvalue weighted by Crippen LogP contribution is 2.35. The van der Waals surface area contributed by atoms with Crippen LogP contribution < -0.4 is 4.74 Å². The zero-order valence-electron chi connectivity index (χ0n) is 21.9. The predicted octanol–water partition coefficient (Wildman–Crippen LogP) is 6.00. The van der Waals surface area contributed by atoms with Gasteiger partial charge in [-0.3, -0.25) is 4.90 Å². The Bertz CT molecular complexity index is 1200. The SMILES string of the molecule is CCCOc1cc(C)c(C(C)C)cc1S(=O)(=O)N1CCN(C(c2ccccc2)c2ccccc2)CC1. The molecule has 0 spiro atoms. The second-order valence-electron chi connectivity index (χ2n) is 9.82. The van der Waals surface area contributed by atoms with Crippen molar-refractivity contribution in [2.75, 3.05) is 32.8 Å². The van der Waals surface area contributed by atoms with Crippen molar-refractivity contribution in [2.24, 2.45) is 0 Å². The summed E-state index contributed by atoms with van der Waals surface area (Å²) in [6, 6.07) is 24.7. The van der Waals surface area contributed by atoms with Crippen molar-refractivity contribution in [2.45, 2.75) is 51.0 Å². The number of hydrogen-bond acceptors (Lipinski definition) is 4. The van der Waals surface area contributed by atoms with Crippen molar-refractivity contribution in [1.29, 1.82) is 0 Å². The molecule has 6 heteroatoms. The predicted molar refractivity (Wildman–Crippen MR) is 146 cm³/mol. The summed E-state index contributed by atoms with van der Waals surface area (Å²) in [6.45, 7) is 10.9. The number of benzene rings is 3. The number of aryl methyl sites for hydroxylation is 1. The third kappa shape index (κ3) is 5.66. The fraction of sp³-hybridized carbons (Fsp3) is 0.400. The van der Waals surface area contributed by atoms with Crippen LogP contribution in [0.15, 0.2) is 77.7 Å². The van der Waals surface area contributed by atoms with E-state index in [4.69, 9.17) is 4.74 Å². The molecule has 0 atom stereocenters. The molecule has 5 nitrogen and oxygen atoms in total. The summed E-state index contributed by atoms with van der Waals surface area (Å²) in [7, 11) is -3.69. The van der Waals surface area contributed by atoms with Gasteiger partial charge >= 0.3 is 0 Å². The average Bonchev–Trinajstić information content (AvgIpc) is 2.89. The summed E-state index contributed by atoms with van der Waals surface area (Å²) in [5.41, 5.74) is 4.54. The van der Waals surface area contributed by atoms with E-state index < -0.39 is 10.0 Å². The van der Waals surface area contributed by atoms with E-state index in [1.807, 2.05) is 38.1 Å². The van der Waals surface area contributed by atoms with Gasteiger partial charge in [-0.1, -0.05) is 81.4 Å². The molecule has 3 aromatic rings. The van der Waals surface area contributed by atoms with Gasteiger partial charge in [0.25, 0.3) is 0 Å². The van der Waals surface area contributed by atoms with Crippen LogP contribution in [-0.2, 0) is 10.0 Å². The molecule has 36 heavy (non-hydrogen) atoms. The molecule has 0 unspecified atom stereocenters. The number of rotatable bonds is 9. The van der Waals surface area contributed by atoms with E-state index in [9.17, 15) is 8.42 Å². The second kappa shape index (κ2) is 11.6. The molecule has 0 radical (unpaired) electrons. The Balaban J connectivity index is 1.60. The Morgan fingerprint density at radius 1 is 0.861 bits per heavy atom. The van der Waals surface area contributed by atoms with Gasteiger partial charge in [-0.2, -0.15) is 4.31 Å². The lowest BCUT2D eigenvalue weighted by Gasteiger charge is -2.39. The average molecular weight is 507 g/mol. The number of piperazine rings is 1. The molecule has 1 fully saturated rings. The molecule has 0 saturated carbocycles. The van der Waals surface area contributed by atoms with Crippen molar-refractivity contribution in [3.63, 3.8) is 0 Å². The number of nitrogens with zero attached hydrogens (tertiary/aromatic N) is 2. The van der Waals surface area contributed by atoms with Crippen LogP contribution in [0.25, 0.3) is 0 Å². The van der Waals surface area contributed by atoms with Crippen LogP contribution in [-0.4, -0.2) is 50.4 Å². The Morgan fingerprint density at radius 2 is 1.42 bits per heavy atom. The third-order valence-electron chi connectivity index (χ3n) is 6.90. The van der Waals surface area contributed by atoms with E-state index in [0.717, 1.165) is 17.5 Å². The van der Waals surface area contributed by atoms with Crippen LogP contribution in [0.1, 0.15) is 61.4 Å². The van der Waals surface area contributed by atoms with E-state index in [-0.39, 0.29) is 12.0 Å². The van der Waals surface area contributed by atoms with Gasteiger partial charge in [0.2, 0.25) is 10.0 Å². The van der Waals surface area contributed by atoms with Crippen LogP contribution in [0, 0.1) is 6.92 Å². The molecule has 0 bridgehead atoms. The molecule has 4 rings (SSSR count). The number of hydrogen-bond donors (Lipinski definition) is 0. The van der Waals surface area contributed by atoms with E-state index in [0.29, 0.717) is 43.4 Å². The van der Waals surface area contributed by atoms with E-state index in [2.05, 4.69) is 67.3 Å². The standard InChI is InChI=1S/C30H38N2O3S/c1-5-20-35-28-21-24(4)27(23(2)3)22-29(28)36(33,34)32-18-16-31(17-19-32)30(25-12-8-6-9-13-25)26-14-10-7-11-15-26/h6-15,21-23,30H,5,16-20H2,1-4H3. The first kappa shape index (κ1) is 26.4. The normalized spacial score (nSPS) is 15.5. The van der Waals surface area contributed by atoms with Crippen molar-refractivity contribution in [3.05, 3.63) is 95.1 Å². The van der Waals surface area contributed by atoms with Gasteiger partial charge in [-0.25, -0.2) is 8.42 Å². The monoisotopic (exact) mass is 506 g/mol. The Hall–Kier alpha value is -2.67. The Kier molecular flexibility index (Phi) is 8.50. The highest BCUT2D eigenvalue weighted by atomic mass is 32.2. The summed E-state index contributed by atoms with van der Waals surface area (Å²) in [5.74, 6) is 0.696. The van der Waals surface area contributed by atoms with Crippen LogP contribution in [0.5, 0.6) is 5.75 Å². The summed E-state index contributed by atoms with van der Waals surface area (Å²) in [4.78, 5) is 2.68. The van der Waals surface area contributed by atoms with Crippen molar-refractivity contribution in [1.82, 2.24) is 9.21 Å². The van der Waals surface area contributed by atoms with Crippen molar-refractivity contribution in [3.8, 4) is 5.75 Å². The van der Waals surface area contributed by atoms with Crippen molar-refractivity contribution >= 4 is 10.0 Å². The maximum absolute atomic E-state index is 13.9. The highest BCUT2D eigenvalue weighted by Gasteiger charge is 2.34. The molecule has 192 valence electrons. The van der Waals surface area contributed by atoms with Crippen LogP contribution >= 0.6 is 0 Å². The molecule has 1 saturated heterocycles. The van der Waals surface area contributed by atoms with Crippen LogP contribution in [0.3, 0.4) is 0 Å². The topological polar surface area (TPSA) is 49.9 Å². The summed E-state index contributed by atoms with van der Waals surface area (Å²) in [5, 5.41) is 0. The third-order valence-corrected chi connectivity index (χ3v) is 8.82. The summed E-state index contributed by atoms with van der Waals surface area (Å²) in [6.07, 6.45) is 0.823. The first-order chi connectivity index (χ1) is 17.3. The number of ether oxygens (including phenoxy) is 1. The molecular weight excluding hydrogens is 468 g/mol. The highest BCUT2D eigenvalue weighted by molar-refractivity contribution is 7.89. The van der Waals surface area contributed by atoms with E-state index in [1.165, 1.54) is 11.1 Å². The fourth-order valence-electron chi connectivity index (χ4n) is 5.05. The van der Waals surface area contributed by atoms with Crippen LogP contribution in [0.4, 0.5) is 0 Å². The Labute approximate surface area is 216 Å². The molecule has 0 amide bonds. The zero-order chi connectivity index (χ0) is 25.7. The molecular formula is C30H38N2O3S. The second-order valence-corrected chi connectivity index (χ2v) is 11.7. The van der Waals surface area contributed by atoms with Gasteiger partial charge in [0.15, 0.2) is 0 Å². The van der Waals surface area contributed by atoms with Gasteiger partial charge < -0.3 is 4.74 Å². The summed E-state index contributed by atoms with van der Waals surface area (Å²) < 4.78 is 35.4. The van der Waals surface area contributed by atoms with Gasteiger partial charge in [-0.05, 0) is 53.6 Å². The molecule has 1 aliphatic rings. The van der Waals surface area contributed by atoms with E-state index >= 15 is 0 Å². The quantitative estimate of drug-likeness (QED) is 0.357. The lowest BCUT2D eigenvalue weighted by atomic mass is 9.96. The molecule has 0 aliphatic carbocycles. The smallest absolute Gasteiger partial charge is 0.246 e. The largest absolute Gasteiger partial charge is 0.492 e. The Morgan fingerprint density at radius 3 is 1.92 bits per heavy atom. The first-order valence-electron chi connectivity index (χ1n) is 12.9. The lowest BCUT2D eigenvalue weighted by molar-refractivity contribution is 0.155. The van der Waals surface area contributed by atoms with Gasteiger partial charge in [0, 0.05) is 26.2 Å². The minimum absolute atomic E-state index is 0.0904. The van der Waals surface area contributed by atoms with Gasteiger partial charge in [-0.15, -0.1) is 0 Å². The van der Waals surface area contributed by atoms with Gasteiger partial charge in [0.1, 0.15) is 10.6 Å². The van der Waals surface area contributed by atoms with Crippen molar-refractivity contribution < 1.29 is 13.2 Å². The molecule has 0 aromatic heterocycles. The maximum atomic E-state index is 13.9. The minimum Gasteiger partial charge on any atom is -0.492 e.